The molecule has 2 aromatic rings. The normalized spacial score (nSPS) is 12.7. The van der Waals surface area contributed by atoms with Gasteiger partial charge in [0.2, 0.25) is 0 Å². The van der Waals surface area contributed by atoms with Crippen molar-refractivity contribution in [2.24, 2.45) is 12.9 Å². The summed E-state index contributed by atoms with van der Waals surface area (Å²) in [5.74, 6) is 5.69. The molecule has 0 aliphatic heterocycles. The number of nitrogens with zero attached hydrogens (tertiary/aromatic N) is 2. The molecule has 1 atom stereocenters. The van der Waals surface area contributed by atoms with Crippen LogP contribution in [0.1, 0.15) is 28.6 Å². The number of aromatic nitrogens is 2. The lowest BCUT2D eigenvalue weighted by atomic mass is 9.98. The van der Waals surface area contributed by atoms with E-state index in [1.165, 1.54) is 11.3 Å². The third-order valence-electron chi connectivity index (χ3n) is 3.52. The molecule has 1 unspecified atom stereocenters. The van der Waals surface area contributed by atoms with Crippen LogP contribution >= 0.6 is 11.6 Å². The zero-order valence-corrected chi connectivity index (χ0v) is 12.2. The van der Waals surface area contributed by atoms with Crippen LogP contribution in [0.2, 0.25) is 5.02 Å². The van der Waals surface area contributed by atoms with Gasteiger partial charge in [-0.05, 0) is 43.5 Å². The second-order valence-corrected chi connectivity index (χ2v) is 5.19. The molecule has 0 spiro atoms. The van der Waals surface area contributed by atoms with E-state index in [1.807, 2.05) is 42.9 Å². The number of halogens is 1. The van der Waals surface area contributed by atoms with Crippen LogP contribution in [-0.4, -0.2) is 9.78 Å². The van der Waals surface area contributed by atoms with Crippen LogP contribution in [0, 0.1) is 13.8 Å². The van der Waals surface area contributed by atoms with Gasteiger partial charge in [0.1, 0.15) is 0 Å². The minimum absolute atomic E-state index is 0.0281. The maximum absolute atomic E-state index is 6.03. The van der Waals surface area contributed by atoms with Crippen LogP contribution in [0.5, 0.6) is 0 Å². The first-order valence-electron chi connectivity index (χ1n) is 6.23. The summed E-state index contributed by atoms with van der Waals surface area (Å²) in [5.41, 5.74) is 7.38. The molecule has 102 valence electrons. The Balaban J connectivity index is 2.29. The minimum Gasteiger partial charge on any atom is -0.272 e. The van der Waals surface area contributed by atoms with Crippen molar-refractivity contribution in [1.82, 2.24) is 15.2 Å². The highest BCUT2D eigenvalue weighted by molar-refractivity contribution is 6.30. The first kappa shape index (κ1) is 14.1. The summed E-state index contributed by atoms with van der Waals surface area (Å²) in [6.07, 6.45) is 0.794. The molecule has 0 radical (unpaired) electrons. The Hall–Kier alpha value is -1.36. The van der Waals surface area contributed by atoms with Crippen LogP contribution in [-0.2, 0) is 13.5 Å². The molecule has 0 saturated carbocycles. The molecule has 3 N–H and O–H groups in total. The number of hydrazine groups is 1. The molecular weight excluding hydrogens is 260 g/mol. The fourth-order valence-corrected chi connectivity index (χ4v) is 2.51. The number of nitrogens with two attached hydrogens (primary N) is 1. The molecule has 0 amide bonds. The predicted octanol–water partition coefficient (Wildman–Crippen LogP) is 2.44. The van der Waals surface area contributed by atoms with E-state index in [-0.39, 0.29) is 6.04 Å². The van der Waals surface area contributed by atoms with E-state index in [0.29, 0.717) is 0 Å². The number of benzene rings is 1. The summed E-state index contributed by atoms with van der Waals surface area (Å²) >= 11 is 6.03. The van der Waals surface area contributed by atoms with Crippen molar-refractivity contribution < 1.29 is 0 Å². The Morgan fingerprint density at radius 2 is 2.16 bits per heavy atom. The Labute approximate surface area is 118 Å². The van der Waals surface area contributed by atoms with Gasteiger partial charge in [-0.2, -0.15) is 5.10 Å². The first-order chi connectivity index (χ1) is 9.02. The predicted molar refractivity (Wildman–Crippen MR) is 77.9 cm³/mol. The lowest BCUT2D eigenvalue weighted by Gasteiger charge is -2.17. The fraction of sp³-hybridized carbons (Fsp3) is 0.357. The summed E-state index contributed by atoms with van der Waals surface area (Å²) in [4.78, 5) is 0. The molecule has 4 nitrogen and oxygen atoms in total. The van der Waals surface area contributed by atoms with Crippen molar-refractivity contribution in [3.05, 3.63) is 51.8 Å². The quantitative estimate of drug-likeness (QED) is 0.667. The molecule has 0 fully saturated rings. The summed E-state index contributed by atoms with van der Waals surface area (Å²) in [6.45, 7) is 4.09. The monoisotopic (exact) mass is 278 g/mol. The highest BCUT2D eigenvalue weighted by Crippen LogP contribution is 2.23. The van der Waals surface area contributed by atoms with E-state index in [2.05, 4.69) is 17.4 Å². The summed E-state index contributed by atoms with van der Waals surface area (Å²) in [5, 5.41) is 5.15. The molecule has 1 aromatic carbocycles. The molecule has 2 rings (SSSR count). The Kier molecular flexibility index (Phi) is 4.24. The molecule has 0 bridgehead atoms. The zero-order chi connectivity index (χ0) is 14.0. The van der Waals surface area contributed by atoms with Crippen LogP contribution in [0.4, 0.5) is 0 Å². The van der Waals surface area contributed by atoms with E-state index in [0.717, 1.165) is 22.7 Å². The van der Waals surface area contributed by atoms with E-state index in [4.69, 9.17) is 17.4 Å². The van der Waals surface area contributed by atoms with E-state index < -0.39 is 0 Å². The van der Waals surface area contributed by atoms with Gasteiger partial charge >= 0.3 is 0 Å². The van der Waals surface area contributed by atoms with Gasteiger partial charge in [0.25, 0.3) is 0 Å². The van der Waals surface area contributed by atoms with Gasteiger partial charge < -0.3 is 0 Å². The molecule has 1 heterocycles. The van der Waals surface area contributed by atoms with Crippen molar-refractivity contribution in [1.29, 1.82) is 0 Å². The van der Waals surface area contributed by atoms with Crippen LogP contribution in [0.3, 0.4) is 0 Å². The van der Waals surface area contributed by atoms with Crippen LogP contribution in [0.15, 0.2) is 24.3 Å². The SMILES string of the molecule is Cc1nn(C)c(C)c1CC(NN)c1cccc(Cl)c1. The Morgan fingerprint density at radius 3 is 2.68 bits per heavy atom. The topological polar surface area (TPSA) is 55.9 Å². The Bertz CT molecular complexity index is 577. The summed E-state index contributed by atoms with van der Waals surface area (Å²) < 4.78 is 1.90. The number of nitrogens with one attached hydrogen (secondary N) is 1. The molecule has 0 saturated heterocycles. The Morgan fingerprint density at radius 1 is 1.42 bits per heavy atom. The van der Waals surface area contributed by atoms with Crippen molar-refractivity contribution in [2.75, 3.05) is 0 Å². The maximum atomic E-state index is 6.03. The summed E-state index contributed by atoms with van der Waals surface area (Å²) in [6, 6.07) is 7.79. The van der Waals surface area contributed by atoms with Crippen molar-refractivity contribution in [3.8, 4) is 0 Å². The highest BCUT2D eigenvalue weighted by Gasteiger charge is 2.16. The van der Waals surface area contributed by atoms with E-state index in [9.17, 15) is 0 Å². The van der Waals surface area contributed by atoms with Crippen LogP contribution < -0.4 is 11.3 Å². The largest absolute Gasteiger partial charge is 0.272 e. The minimum atomic E-state index is 0.0281. The van der Waals surface area contributed by atoms with Gasteiger partial charge in [-0.1, -0.05) is 23.7 Å². The third-order valence-corrected chi connectivity index (χ3v) is 3.75. The lowest BCUT2D eigenvalue weighted by molar-refractivity contribution is 0.549. The number of hydrogen-bond acceptors (Lipinski definition) is 3. The van der Waals surface area contributed by atoms with E-state index >= 15 is 0 Å². The van der Waals surface area contributed by atoms with Crippen LogP contribution in [0.25, 0.3) is 0 Å². The summed E-state index contributed by atoms with van der Waals surface area (Å²) in [7, 11) is 1.95. The molecular formula is C14H19ClN4. The van der Waals surface area contributed by atoms with Crippen molar-refractivity contribution in [2.45, 2.75) is 26.3 Å². The third kappa shape index (κ3) is 2.97. The molecule has 0 aliphatic carbocycles. The number of rotatable bonds is 4. The van der Waals surface area contributed by atoms with Gasteiger partial charge in [-0.15, -0.1) is 0 Å². The van der Waals surface area contributed by atoms with Gasteiger partial charge in [-0.25, -0.2) is 0 Å². The zero-order valence-electron chi connectivity index (χ0n) is 11.4. The van der Waals surface area contributed by atoms with Gasteiger partial charge in [0.15, 0.2) is 0 Å². The second kappa shape index (κ2) is 5.74. The molecule has 5 heteroatoms. The van der Waals surface area contributed by atoms with Gasteiger partial charge in [-0.3, -0.25) is 16.0 Å². The first-order valence-corrected chi connectivity index (χ1v) is 6.61. The molecule has 1 aromatic heterocycles. The lowest BCUT2D eigenvalue weighted by Crippen LogP contribution is -2.29. The molecule has 0 aliphatic rings. The van der Waals surface area contributed by atoms with Gasteiger partial charge in [0.05, 0.1) is 11.7 Å². The average Bonchev–Trinajstić information content (AvgIpc) is 2.61. The molecule has 19 heavy (non-hydrogen) atoms. The highest BCUT2D eigenvalue weighted by atomic mass is 35.5. The number of aryl methyl sites for hydroxylation is 2. The second-order valence-electron chi connectivity index (χ2n) is 4.75. The smallest absolute Gasteiger partial charge is 0.0629 e. The van der Waals surface area contributed by atoms with Gasteiger partial charge in [0, 0.05) is 17.8 Å². The standard InChI is InChI=1S/C14H19ClN4/c1-9-13(10(2)19(3)18-9)8-14(17-16)11-5-4-6-12(15)7-11/h4-7,14,17H,8,16H2,1-3H3. The fourth-order valence-electron chi connectivity index (χ4n) is 2.31. The van der Waals surface area contributed by atoms with E-state index in [1.54, 1.807) is 0 Å². The number of hydrogen-bond donors (Lipinski definition) is 2. The maximum Gasteiger partial charge on any atom is 0.0629 e. The van der Waals surface area contributed by atoms with Crippen molar-refractivity contribution in [3.63, 3.8) is 0 Å². The van der Waals surface area contributed by atoms with Crippen molar-refractivity contribution >= 4 is 11.6 Å². The average molecular weight is 279 g/mol.